The van der Waals surface area contributed by atoms with Gasteiger partial charge in [-0.3, -0.25) is 4.99 Å². The fourth-order valence-corrected chi connectivity index (χ4v) is 4.45. The first-order chi connectivity index (χ1) is 9.30. The summed E-state index contributed by atoms with van der Waals surface area (Å²) in [7, 11) is -2.97. The lowest BCUT2D eigenvalue weighted by atomic mass is 9.70. The molecule has 0 bridgehead atoms. The first-order valence-electron chi connectivity index (χ1n) is 7.14. The Labute approximate surface area is 121 Å². The standard InChI is InChI=1S/C13H25N3O3S/c1-11-8-16(6-7-19-11)12(14)15-9-13(4-3-5-13)10-20(2,17)18/h11H,3-10H2,1-2H3,(H2,14,15). The number of aliphatic imine (C=N–C) groups is 1. The molecule has 2 N–H and O–H groups in total. The van der Waals surface area contributed by atoms with Gasteiger partial charge in [0.25, 0.3) is 0 Å². The van der Waals surface area contributed by atoms with Gasteiger partial charge in [-0.05, 0) is 19.8 Å². The minimum absolute atomic E-state index is 0.159. The molecule has 0 spiro atoms. The molecule has 0 amide bonds. The van der Waals surface area contributed by atoms with Crippen molar-refractivity contribution in [2.75, 3.05) is 38.2 Å². The van der Waals surface area contributed by atoms with Crippen LogP contribution in [-0.2, 0) is 14.6 Å². The molecule has 1 aliphatic heterocycles. The Bertz CT molecular complexity index is 471. The van der Waals surface area contributed by atoms with Gasteiger partial charge in [-0.1, -0.05) is 6.42 Å². The maximum absolute atomic E-state index is 11.5. The molecule has 1 saturated heterocycles. The Kier molecular flexibility index (Phi) is 4.59. The van der Waals surface area contributed by atoms with Crippen LogP contribution in [-0.4, -0.2) is 63.6 Å². The highest BCUT2D eigenvalue weighted by molar-refractivity contribution is 7.90. The van der Waals surface area contributed by atoms with Crippen LogP contribution >= 0.6 is 0 Å². The summed E-state index contributed by atoms with van der Waals surface area (Å²) < 4.78 is 28.5. The van der Waals surface area contributed by atoms with Gasteiger partial charge < -0.3 is 15.4 Å². The third kappa shape index (κ3) is 4.09. The van der Waals surface area contributed by atoms with E-state index in [2.05, 4.69) is 4.99 Å². The van der Waals surface area contributed by atoms with E-state index < -0.39 is 9.84 Å². The van der Waals surface area contributed by atoms with Crippen molar-refractivity contribution in [3.05, 3.63) is 0 Å². The maximum Gasteiger partial charge on any atom is 0.191 e. The van der Waals surface area contributed by atoms with E-state index in [1.54, 1.807) is 0 Å². The van der Waals surface area contributed by atoms with Crippen LogP contribution in [0.15, 0.2) is 4.99 Å². The van der Waals surface area contributed by atoms with E-state index in [1.807, 2.05) is 11.8 Å². The number of ether oxygens (including phenoxy) is 1. The molecule has 2 fully saturated rings. The molecule has 0 aromatic carbocycles. The van der Waals surface area contributed by atoms with Gasteiger partial charge in [-0.25, -0.2) is 8.42 Å². The molecule has 1 unspecified atom stereocenters. The smallest absolute Gasteiger partial charge is 0.191 e. The monoisotopic (exact) mass is 303 g/mol. The average Bonchev–Trinajstić information content (AvgIpc) is 2.30. The first kappa shape index (κ1) is 15.6. The Morgan fingerprint density at radius 3 is 2.70 bits per heavy atom. The molecule has 116 valence electrons. The molecule has 1 saturated carbocycles. The molecule has 0 aromatic heterocycles. The Morgan fingerprint density at radius 2 is 2.20 bits per heavy atom. The lowest BCUT2D eigenvalue weighted by molar-refractivity contribution is 0.00517. The van der Waals surface area contributed by atoms with E-state index in [4.69, 9.17) is 10.5 Å². The molecule has 0 aromatic rings. The zero-order valence-electron chi connectivity index (χ0n) is 12.3. The van der Waals surface area contributed by atoms with Gasteiger partial charge in [-0.2, -0.15) is 0 Å². The van der Waals surface area contributed by atoms with Crippen LogP contribution in [0.4, 0.5) is 0 Å². The summed E-state index contributed by atoms with van der Waals surface area (Å²) in [6.07, 6.45) is 4.39. The van der Waals surface area contributed by atoms with Crippen LogP contribution in [0.25, 0.3) is 0 Å². The second-order valence-corrected chi connectivity index (χ2v) is 8.37. The van der Waals surface area contributed by atoms with Crippen LogP contribution in [0, 0.1) is 5.41 Å². The maximum atomic E-state index is 11.5. The van der Waals surface area contributed by atoms with Gasteiger partial charge in [0.15, 0.2) is 5.96 Å². The molecular formula is C13H25N3O3S. The number of hydrogen-bond acceptors (Lipinski definition) is 4. The lowest BCUT2D eigenvalue weighted by Crippen LogP contribution is -2.48. The predicted octanol–water partition coefficient (Wildman–Crippen LogP) is 0.237. The van der Waals surface area contributed by atoms with E-state index >= 15 is 0 Å². The van der Waals surface area contributed by atoms with Crippen molar-refractivity contribution in [3.63, 3.8) is 0 Å². The van der Waals surface area contributed by atoms with Gasteiger partial charge in [0.2, 0.25) is 0 Å². The summed E-state index contributed by atoms with van der Waals surface area (Å²) in [6.45, 7) is 4.67. The van der Waals surface area contributed by atoms with Crippen molar-refractivity contribution >= 4 is 15.8 Å². The van der Waals surface area contributed by atoms with E-state index in [1.165, 1.54) is 6.26 Å². The van der Waals surface area contributed by atoms with E-state index in [9.17, 15) is 8.42 Å². The van der Waals surface area contributed by atoms with Crippen LogP contribution in [0.5, 0.6) is 0 Å². The normalized spacial score (nSPS) is 27.2. The molecule has 1 heterocycles. The third-order valence-corrected chi connectivity index (χ3v) is 5.26. The summed E-state index contributed by atoms with van der Waals surface area (Å²) in [5, 5.41) is 0. The Balaban J connectivity index is 1.96. The van der Waals surface area contributed by atoms with Crippen molar-refractivity contribution < 1.29 is 13.2 Å². The molecule has 1 atom stereocenters. The van der Waals surface area contributed by atoms with Gasteiger partial charge in [0.1, 0.15) is 9.84 Å². The van der Waals surface area contributed by atoms with Gasteiger partial charge in [0.05, 0.1) is 18.5 Å². The van der Waals surface area contributed by atoms with Crippen molar-refractivity contribution in [2.24, 2.45) is 16.1 Å². The largest absolute Gasteiger partial charge is 0.375 e. The zero-order chi connectivity index (χ0) is 14.8. The van der Waals surface area contributed by atoms with Crippen LogP contribution < -0.4 is 5.73 Å². The quantitative estimate of drug-likeness (QED) is 0.594. The number of nitrogens with zero attached hydrogens (tertiary/aromatic N) is 2. The molecule has 2 rings (SSSR count). The van der Waals surface area contributed by atoms with Crippen molar-refractivity contribution in [1.82, 2.24) is 4.90 Å². The summed E-state index contributed by atoms with van der Waals surface area (Å²) in [5.41, 5.74) is 5.85. The number of hydrogen-bond donors (Lipinski definition) is 1. The fourth-order valence-electron chi connectivity index (χ4n) is 2.96. The predicted molar refractivity (Wildman–Crippen MR) is 79.5 cm³/mol. The first-order valence-corrected chi connectivity index (χ1v) is 9.20. The number of morpholine rings is 1. The van der Waals surface area contributed by atoms with Crippen LogP contribution in [0.2, 0.25) is 0 Å². The number of sulfone groups is 1. The third-order valence-electron chi connectivity index (χ3n) is 4.12. The summed E-state index contributed by atoms with van der Waals surface area (Å²) in [6, 6.07) is 0. The van der Waals surface area contributed by atoms with Crippen molar-refractivity contribution in [3.8, 4) is 0 Å². The molecular weight excluding hydrogens is 278 g/mol. The van der Waals surface area contributed by atoms with E-state index in [0.717, 1.165) is 32.4 Å². The summed E-state index contributed by atoms with van der Waals surface area (Å²) in [5.74, 6) is 0.732. The topological polar surface area (TPSA) is 85.0 Å². The van der Waals surface area contributed by atoms with Crippen molar-refractivity contribution in [1.29, 1.82) is 0 Å². The summed E-state index contributed by atoms with van der Waals surface area (Å²) in [4.78, 5) is 6.48. The van der Waals surface area contributed by atoms with Gasteiger partial charge in [-0.15, -0.1) is 0 Å². The minimum Gasteiger partial charge on any atom is -0.375 e. The van der Waals surface area contributed by atoms with Crippen LogP contribution in [0.1, 0.15) is 26.2 Å². The molecule has 1 aliphatic carbocycles. The SMILES string of the molecule is CC1CN(C(N)=NCC2(CS(C)(=O)=O)CCC2)CCO1. The average molecular weight is 303 g/mol. The van der Waals surface area contributed by atoms with Gasteiger partial charge >= 0.3 is 0 Å². The molecule has 7 heteroatoms. The summed E-state index contributed by atoms with van der Waals surface area (Å²) >= 11 is 0. The van der Waals surface area contributed by atoms with E-state index in [-0.39, 0.29) is 17.3 Å². The fraction of sp³-hybridized carbons (Fsp3) is 0.923. The number of guanidine groups is 1. The second kappa shape index (κ2) is 5.89. The molecule has 6 nitrogen and oxygen atoms in total. The molecule has 2 aliphatic rings. The van der Waals surface area contributed by atoms with Crippen LogP contribution in [0.3, 0.4) is 0 Å². The zero-order valence-corrected chi connectivity index (χ0v) is 13.2. The highest BCUT2D eigenvalue weighted by atomic mass is 32.2. The second-order valence-electron chi connectivity index (χ2n) is 6.23. The molecule has 20 heavy (non-hydrogen) atoms. The van der Waals surface area contributed by atoms with Gasteiger partial charge in [0, 0.05) is 31.3 Å². The molecule has 0 radical (unpaired) electrons. The number of rotatable bonds is 4. The minimum atomic E-state index is -2.97. The Hall–Kier alpha value is -0.820. The highest BCUT2D eigenvalue weighted by Crippen LogP contribution is 2.42. The number of nitrogens with two attached hydrogens (primary N) is 1. The van der Waals surface area contributed by atoms with Crippen molar-refractivity contribution in [2.45, 2.75) is 32.3 Å². The lowest BCUT2D eigenvalue weighted by Gasteiger charge is -2.40. The Morgan fingerprint density at radius 1 is 1.50 bits per heavy atom. The highest BCUT2D eigenvalue weighted by Gasteiger charge is 2.39. The van der Waals surface area contributed by atoms with E-state index in [0.29, 0.717) is 19.1 Å².